The Labute approximate surface area is 149 Å². The van der Waals surface area contributed by atoms with E-state index in [9.17, 15) is 0 Å². The van der Waals surface area contributed by atoms with Crippen LogP contribution < -0.4 is 0 Å². The second kappa shape index (κ2) is 4.72. The van der Waals surface area contributed by atoms with E-state index in [0.29, 0.717) is 0 Å². The molecule has 0 fully saturated rings. The van der Waals surface area contributed by atoms with Crippen LogP contribution in [0.15, 0.2) is 24.3 Å². The lowest BCUT2D eigenvalue weighted by atomic mass is 9.72. The summed E-state index contributed by atoms with van der Waals surface area (Å²) >= 11 is 0. The summed E-state index contributed by atoms with van der Waals surface area (Å²) in [5.41, 5.74) is 4.53. The van der Waals surface area contributed by atoms with E-state index in [-0.39, 0.29) is 22.5 Å². The van der Waals surface area contributed by atoms with E-state index >= 15 is 8.78 Å². The van der Waals surface area contributed by atoms with Crippen molar-refractivity contribution in [2.45, 2.75) is 70.6 Å². The van der Waals surface area contributed by atoms with Gasteiger partial charge in [-0.3, -0.25) is 0 Å². The van der Waals surface area contributed by atoms with Crippen LogP contribution in [0.1, 0.15) is 73.9 Å². The minimum absolute atomic E-state index is 0.169. The zero-order chi connectivity index (χ0) is 18.4. The van der Waals surface area contributed by atoms with Crippen molar-refractivity contribution in [1.29, 1.82) is 0 Å². The van der Waals surface area contributed by atoms with E-state index in [0.717, 1.165) is 46.2 Å². The fourth-order valence-electron chi connectivity index (χ4n) is 5.77. The summed E-state index contributed by atoms with van der Waals surface area (Å²) in [4.78, 5) is 0. The van der Waals surface area contributed by atoms with Gasteiger partial charge in [0.15, 0.2) is 0 Å². The molecule has 0 unspecified atom stereocenters. The molecule has 2 heteroatoms. The summed E-state index contributed by atoms with van der Waals surface area (Å²) in [5, 5.41) is 0. The fraction of sp³-hybridized carbons (Fsp3) is 0.478. The fourth-order valence-corrected chi connectivity index (χ4v) is 5.77. The molecule has 132 valence electrons. The van der Waals surface area contributed by atoms with Crippen molar-refractivity contribution in [2.24, 2.45) is 0 Å². The summed E-state index contributed by atoms with van der Waals surface area (Å²) in [7, 11) is 0. The Kier molecular flexibility index (Phi) is 3.16. The molecule has 0 saturated heterocycles. The minimum atomic E-state index is -0.562. The monoisotopic (exact) mass is 340 g/mol. The summed E-state index contributed by atoms with van der Waals surface area (Å²) in [5.74, 6) is -0.353. The maximum Gasteiger partial charge on any atom is 0.127 e. The average molecular weight is 340 g/mol. The third-order valence-electron chi connectivity index (χ3n) is 6.37. The Hall–Kier alpha value is -1.70. The van der Waals surface area contributed by atoms with Gasteiger partial charge in [-0.05, 0) is 71.9 Å². The highest BCUT2D eigenvalue weighted by molar-refractivity contribution is 5.61. The second-order valence-corrected chi connectivity index (χ2v) is 9.54. The highest BCUT2D eigenvalue weighted by Crippen LogP contribution is 2.63. The Morgan fingerprint density at radius 1 is 0.680 bits per heavy atom. The van der Waals surface area contributed by atoms with Crippen LogP contribution in [0, 0.1) is 25.5 Å². The van der Waals surface area contributed by atoms with Crippen LogP contribution in [0.3, 0.4) is 0 Å². The predicted octanol–water partition coefficient (Wildman–Crippen LogP) is 6.23. The lowest BCUT2D eigenvalue weighted by Gasteiger charge is -2.30. The third kappa shape index (κ3) is 2.09. The number of hydrogen-bond acceptors (Lipinski definition) is 0. The van der Waals surface area contributed by atoms with Crippen LogP contribution in [0.4, 0.5) is 8.78 Å². The molecule has 4 rings (SSSR count). The molecule has 2 aliphatic carbocycles. The van der Waals surface area contributed by atoms with Gasteiger partial charge < -0.3 is 0 Å². The van der Waals surface area contributed by atoms with Crippen molar-refractivity contribution in [1.82, 2.24) is 0 Å². The van der Waals surface area contributed by atoms with Crippen LogP contribution in [0.5, 0.6) is 0 Å². The van der Waals surface area contributed by atoms with E-state index in [2.05, 4.69) is 39.8 Å². The van der Waals surface area contributed by atoms with Crippen molar-refractivity contribution >= 4 is 0 Å². The first-order valence-electron chi connectivity index (χ1n) is 9.10. The molecule has 0 nitrogen and oxygen atoms in total. The molecule has 0 aromatic heterocycles. The molecule has 0 atom stereocenters. The summed E-state index contributed by atoms with van der Waals surface area (Å²) in [6.45, 7) is 12.5. The van der Waals surface area contributed by atoms with Gasteiger partial charge in [-0.25, -0.2) is 8.78 Å². The second-order valence-electron chi connectivity index (χ2n) is 9.54. The van der Waals surface area contributed by atoms with Gasteiger partial charge in [-0.2, -0.15) is 0 Å². The first-order valence-corrected chi connectivity index (χ1v) is 9.10. The van der Waals surface area contributed by atoms with Crippen LogP contribution in [-0.2, 0) is 16.2 Å². The summed E-state index contributed by atoms with van der Waals surface area (Å²) in [6.07, 6.45) is 1.51. The van der Waals surface area contributed by atoms with Crippen molar-refractivity contribution < 1.29 is 8.78 Å². The summed E-state index contributed by atoms with van der Waals surface area (Å²) in [6, 6.07) is 7.42. The van der Waals surface area contributed by atoms with Crippen molar-refractivity contribution in [3.05, 3.63) is 69.3 Å². The molecule has 0 radical (unpaired) electrons. The number of halogens is 2. The molecule has 1 spiro atoms. The van der Waals surface area contributed by atoms with Gasteiger partial charge in [0.05, 0.1) is 0 Å². The van der Waals surface area contributed by atoms with Crippen molar-refractivity contribution in [2.75, 3.05) is 0 Å². The van der Waals surface area contributed by atoms with Crippen LogP contribution in [0.25, 0.3) is 0 Å². The average Bonchev–Trinajstić information content (AvgIpc) is 2.77. The highest BCUT2D eigenvalue weighted by atomic mass is 19.1. The van der Waals surface area contributed by atoms with Gasteiger partial charge in [0.25, 0.3) is 0 Å². The zero-order valence-corrected chi connectivity index (χ0v) is 16.0. The van der Waals surface area contributed by atoms with E-state index in [1.54, 1.807) is 12.1 Å². The lowest BCUT2D eigenvalue weighted by molar-refractivity contribution is 0.339. The predicted molar refractivity (Wildman–Crippen MR) is 98.3 cm³/mol. The normalized spacial score (nSPS) is 21.4. The van der Waals surface area contributed by atoms with Crippen LogP contribution in [-0.4, -0.2) is 0 Å². The SMILES string of the molecule is Cc1cc(F)c2c(c1)C(C)(C)CC21CC(C)(C)c2cc(C)cc(F)c21. The summed E-state index contributed by atoms with van der Waals surface area (Å²) < 4.78 is 30.5. The van der Waals surface area contributed by atoms with Gasteiger partial charge in [-0.1, -0.05) is 39.8 Å². The standard InChI is InChI=1S/C23H26F2/c1-13-7-15-19(17(24)9-13)23(11-21(15,3)4)12-22(5,6)16-8-14(2)10-18(25)20(16)23/h7-10H,11-12H2,1-6H3. The van der Waals surface area contributed by atoms with Crippen molar-refractivity contribution in [3.63, 3.8) is 0 Å². The molecule has 0 saturated carbocycles. The highest BCUT2D eigenvalue weighted by Gasteiger charge is 2.58. The van der Waals surface area contributed by atoms with E-state index in [1.807, 2.05) is 13.8 Å². The first-order chi connectivity index (χ1) is 11.5. The van der Waals surface area contributed by atoms with Gasteiger partial charge in [0.2, 0.25) is 0 Å². The van der Waals surface area contributed by atoms with E-state index in [1.165, 1.54) is 0 Å². The van der Waals surface area contributed by atoms with Gasteiger partial charge in [-0.15, -0.1) is 0 Å². The largest absolute Gasteiger partial charge is 0.207 e. The van der Waals surface area contributed by atoms with Gasteiger partial charge in [0, 0.05) is 16.5 Å². The van der Waals surface area contributed by atoms with Gasteiger partial charge >= 0.3 is 0 Å². The molecule has 0 aliphatic heterocycles. The van der Waals surface area contributed by atoms with E-state index in [4.69, 9.17) is 0 Å². The quantitative estimate of drug-likeness (QED) is 0.533. The Morgan fingerprint density at radius 3 is 1.40 bits per heavy atom. The molecule has 25 heavy (non-hydrogen) atoms. The molecular formula is C23H26F2. The molecule has 0 amide bonds. The zero-order valence-electron chi connectivity index (χ0n) is 16.0. The Bertz CT molecular complexity index is 827. The molecule has 0 heterocycles. The Morgan fingerprint density at radius 2 is 1.04 bits per heavy atom. The van der Waals surface area contributed by atoms with Crippen molar-refractivity contribution in [3.8, 4) is 0 Å². The number of benzene rings is 2. The van der Waals surface area contributed by atoms with Crippen LogP contribution in [0.2, 0.25) is 0 Å². The number of hydrogen-bond donors (Lipinski definition) is 0. The molecule has 2 aromatic rings. The number of rotatable bonds is 0. The molecule has 0 N–H and O–H groups in total. The van der Waals surface area contributed by atoms with Crippen LogP contribution >= 0.6 is 0 Å². The topological polar surface area (TPSA) is 0 Å². The first kappa shape index (κ1) is 16.8. The molecule has 2 aromatic carbocycles. The number of aryl methyl sites for hydroxylation is 2. The molecular weight excluding hydrogens is 314 g/mol. The maximum absolute atomic E-state index is 15.2. The third-order valence-corrected chi connectivity index (χ3v) is 6.37. The lowest BCUT2D eigenvalue weighted by Crippen LogP contribution is -2.28. The number of fused-ring (bicyclic) bond motifs is 4. The smallest absolute Gasteiger partial charge is 0.127 e. The maximum atomic E-state index is 15.2. The minimum Gasteiger partial charge on any atom is -0.207 e. The Balaban J connectivity index is 2.11. The van der Waals surface area contributed by atoms with Gasteiger partial charge in [0.1, 0.15) is 11.6 Å². The molecule has 2 aliphatic rings. The molecule has 0 bridgehead atoms. The van der Waals surface area contributed by atoms with E-state index < -0.39 is 5.41 Å².